The molecule has 5 nitrogen and oxygen atoms in total. The van der Waals surface area contributed by atoms with E-state index in [0.29, 0.717) is 11.3 Å². The van der Waals surface area contributed by atoms with Crippen LogP contribution in [-0.4, -0.2) is 16.1 Å². The Hall–Kier alpha value is -2.68. The van der Waals surface area contributed by atoms with Crippen LogP contribution in [-0.2, 0) is 0 Å². The molecule has 6 heteroatoms. The Morgan fingerprint density at radius 1 is 1.47 bits per heavy atom. The minimum absolute atomic E-state index is 0.155. The van der Waals surface area contributed by atoms with Crippen molar-refractivity contribution in [2.24, 2.45) is 0 Å². The van der Waals surface area contributed by atoms with E-state index in [4.69, 9.17) is 5.26 Å². The van der Waals surface area contributed by atoms with E-state index in [-0.39, 0.29) is 16.8 Å². The van der Waals surface area contributed by atoms with Crippen molar-refractivity contribution in [3.05, 3.63) is 46.5 Å². The smallest absolute Gasteiger partial charge is 0.259 e. The fourth-order valence-corrected chi connectivity index (χ4v) is 1.64. The second-order valence-electron chi connectivity index (χ2n) is 4.11. The largest absolute Gasteiger partial charge is 0.321 e. The number of aryl methyl sites for hydroxylation is 1. The van der Waals surface area contributed by atoms with E-state index >= 15 is 0 Å². The van der Waals surface area contributed by atoms with Gasteiger partial charge in [0.05, 0.1) is 23.4 Å². The van der Waals surface area contributed by atoms with Crippen molar-refractivity contribution in [3.63, 3.8) is 0 Å². The van der Waals surface area contributed by atoms with Crippen LogP contribution < -0.4 is 5.32 Å². The lowest BCUT2D eigenvalue weighted by atomic mass is 10.1. The van der Waals surface area contributed by atoms with E-state index in [9.17, 15) is 9.18 Å². The second-order valence-corrected chi connectivity index (χ2v) is 4.11. The number of anilines is 1. The first-order valence-corrected chi connectivity index (χ1v) is 5.54. The predicted molar refractivity (Wildman–Crippen MR) is 67.1 cm³/mol. The highest BCUT2D eigenvalue weighted by molar-refractivity contribution is 6.05. The molecule has 0 aliphatic heterocycles. The van der Waals surface area contributed by atoms with E-state index in [1.165, 1.54) is 19.2 Å². The number of nitrogens with zero attached hydrogens (tertiary/aromatic N) is 2. The van der Waals surface area contributed by atoms with Gasteiger partial charge in [-0.15, -0.1) is 0 Å². The Morgan fingerprint density at radius 2 is 2.21 bits per heavy atom. The number of amides is 1. The molecule has 0 spiro atoms. The summed E-state index contributed by atoms with van der Waals surface area (Å²) in [5.41, 5.74) is 1.71. The molecule has 0 saturated carbocycles. The van der Waals surface area contributed by atoms with Crippen molar-refractivity contribution in [2.75, 3.05) is 5.32 Å². The van der Waals surface area contributed by atoms with Gasteiger partial charge >= 0.3 is 0 Å². The van der Waals surface area contributed by atoms with Crippen molar-refractivity contribution in [3.8, 4) is 6.07 Å². The highest BCUT2D eigenvalue weighted by Gasteiger charge is 2.14. The van der Waals surface area contributed by atoms with Gasteiger partial charge in [-0.05, 0) is 26.0 Å². The number of nitriles is 1. The van der Waals surface area contributed by atoms with Crippen molar-refractivity contribution in [1.29, 1.82) is 5.26 Å². The molecule has 0 aliphatic rings. The first kappa shape index (κ1) is 12.8. The summed E-state index contributed by atoms with van der Waals surface area (Å²) in [7, 11) is 0. The van der Waals surface area contributed by atoms with Gasteiger partial charge in [0, 0.05) is 16.9 Å². The number of rotatable bonds is 2. The molecule has 0 radical (unpaired) electrons. The molecular weight excluding hydrogens is 247 g/mol. The molecule has 0 fully saturated rings. The lowest BCUT2D eigenvalue weighted by Gasteiger charge is -2.09. The zero-order valence-electron chi connectivity index (χ0n) is 10.4. The molecule has 2 rings (SSSR count). The number of halogens is 1. The fraction of sp³-hybridized carbons (Fsp3) is 0.154. The molecule has 0 atom stereocenters. The average molecular weight is 258 g/mol. The lowest BCUT2D eigenvalue weighted by Crippen LogP contribution is -2.14. The Balaban J connectivity index is 2.34. The summed E-state index contributed by atoms with van der Waals surface area (Å²) in [5, 5.41) is 17.8. The summed E-state index contributed by atoms with van der Waals surface area (Å²) in [6, 6.07) is 4.41. The van der Waals surface area contributed by atoms with Gasteiger partial charge in [-0.2, -0.15) is 10.4 Å². The SMILES string of the molecule is Cc1[nH]ncc1C(=O)Nc1cc(C#N)cc(F)c1C. The third kappa shape index (κ3) is 2.45. The van der Waals surface area contributed by atoms with Gasteiger partial charge < -0.3 is 5.32 Å². The molecule has 1 aromatic heterocycles. The number of H-pyrrole nitrogens is 1. The van der Waals surface area contributed by atoms with Gasteiger partial charge in [-0.25, -0.2) is 4.39 Å². The molecule has 0 aliphatic carbocycles. The van der Waals surface area contributed by atoms with Crippen LogP contribution in [0.4, 0.5) is 10.1 Å². The van der Waals surface area contributed by atoms with Crippen LogP contribution in [0.5, 0.6) is 0 Å². The first-order valence-electron chi connectivity index (χ1n) is 5.54. The molecule has 1 aromatic carbocycles. The number of hydrogen-bond donors (Lipinski definition) is 2. The van der Waals surface area contributed by atoms with E-state index < -0.39 is 11.7 Å². The zero-order valence-corrected chi connectivity index (χ0v) is 10.4. The Kier molecular flexibility index (Phi) is 3.29. The van der Waals surface area contributed by atoms with E-state index in [0.717, 1.165) is 6.07 Å². The number of nitrogens with one attached hydrogen (secondary N) is 2. The molecule has 0 bridgehead atoms. The Bertz CT molecular complexity index is 684. The third-order valence-electron chi connectivity index (χ3n) is 2.80. The molecule has 1 amide bonds. The molecule has 0 saturated heterocycles. The minimum atomic E-state index is -0.529. The summed E-state index contributed by atoms with van der Waals surface area (Å²) >= 11 is 0. The summed E-state index contributed by atoms with van der Waals surface area (Å²) in [4.78, 5) is 12.0. The zero-order chi connectivity index (χ0) is 14.0. The molecule has 2 N–H and O–H groups in total. The standard InChI is InChI=1S/C13H11FN4O/c1-7-11(14)3-9(5-15)4-12(7)17-13(19)10-6-16-18-8(10)2/h3-4,6H,1-2H3,(H,16,18)(H,17,19). The van der Waals surface area contributed by atoms with Gasteiger partial charge in [-0.3, -0.25) is 9.89 Å². The van der Waals surface area contributed by atoms with Crippen LogP contribution in [0.2, 0.25) is 0 Å². The van der Waals surface area contributed by atoms with Gasteiger partial charge in [-0.1, -0.05) is 0 Å². The van der Waals surface area contributed by atoms with Crippen LogP contribution in [0.3, 0.4) is 0 Å². The van der Waals surface area contributed by atoms with Crippen molar-refractivity contribution >= 4 is 11.6 Å². The molecule has 19 heavy (non-hydrogen) atoms. The van der Waals surface area contributed by atoms with E-state index in [1.807, 2.05) is 6.07 Å². The number of benzene rings is 1. The van der Waals surface area contributed by atoms with Crippen LogP contribution >= 0.6 is 0 Å². The quantitative estimate of drug-likeness (QED) is 0.867. The normalized spacial score (nSPS) is 10.0. The maximum Gasteiger partial charge on any atom is 0.259 e. The fourth-order valence-electron chi connectivity index (χ4n) is 1.64. The second kappa shape index (κ2) is 4.90. The number of carbonyl (C=O) groups excluding carboxylic acids is 1. The number of aromatic amines is 1. The van der Waals surface area contributed by atoms with E-state index in [2.05, 4.69) is 15.5 Å². The van der Waals surface area contributed by atoms with Crippen molar-refractivity contribution in [2.45, 2.75) is 13.8 Å². The number of aromatic nitrogens is 2. The molecule has 0 unspecified atom stereocenters. The molecule has 2 aromatic rings. The van der Waals surface area contributed by atoms with Crippen molar-refractivity contribution < 1.29 is 9.18 Å². The van der Waals surface area contributed by atoms with Crippen LogP contribution in [0.25, 0.3) is 0 Å². The van der Waals surface area contributed by atoms with Gasteiger partial charge in [0.1, 0.15) is 5.82 Å². The average Bonchev–Trinajstić information content (AvgIpc) is 2.80. The van der Waals surface area contributed by atoms with Gasteiger partial charge in [0.15, 0.2) is 0 Å². The third-order valence-corrected chi connectivity index (χ3v) is 2.80. The summed E-state index contributed by atoms with van der Waals surface area (Å²) in [6.07, 6.45) is 1.39. The molecule has 96 valence electrons. The summed E-state index contributed by atoms with van der Waals surface area (Å²) < 4.78 is 13.6. The van der Waals surface area contributed by atoms with Crippen molar-refractivity contribution in [1.82, 2.24) is 10.2 Å². The van der Waals surface area contributed by atoms with Crippen LogP contribution in [0.1, 0.15) is 27.2 Å². The van der Waals surface area contributed by atoms with Gasteiger partial charge in [0.25, 0.3) is 5.91 Å². The topological polar surface area (TPSA) is 81.6 Å². The van der Waals surface area contributed by atoms with E-state index in [1.54, 1.807) is 6.92 Å². The maximum atomic E-state index is 13.6. The summed E-state index contributed by atoms with van der Waals surface area (Å²) in [6.45, 7) is 3.25. The van der Waals surface area contributed by atoms with Crippen LogP contribution in [0.15, 0.2) is 18.3 Å². The molecular formula is C13H11FN4O. The first-order chi connectivity index (χ1) is 9.02. The monoisotopic (exact) mass is 258 g/mol. The minimum Gasteiger partial charge on any atom is -0.321 e. The number of hydrogen-bond acceptors (Lipinski definition) is 3. The maximum absolute atomic E-state index is 13.6. The van der Waals surface area contributed by atoms with Crippen LogP contribution in [0, 0.1) is 31.0 Å². The molecule has 1 heterocycles. The Labute approximate surface area is 109 Å². The highest BCUT2D eigenvalue weighted by Crippen LogP contribution is 2.21. The summed E-state index contributed by atoms with van der Waals surface area (Å²) in [5.74, 6) is -0.929. The number of carbonyl (C=O) groups is 1. The Morgan fingerprint density at radius 3 is 2.79 bits per heavy atom. The van der Waals surface area contributed by atoms with Gasteiger partial charge in [0.2, 0.25) is 0 Å². The lowest BCUT2D eigenvalue weighted by molar-refractivity contribution is 0.102. The highest BCUT2D eigenvalue weighted by atomic mass is 19.1. The predicted octanol–water partition coefficient (Wildman–Crippen LogP) is 2.29.